The second-order valence-electron chi connectivity index (χ2n) is 20.1. The van der Waals surface area contributed by atoms with Crippen molar-refractivity contribution in [1.29, 1.82) is 0 Å². The monoisotopic (exact) mass is 938 g/mol. The van der Waals surface area contributed by atoms with Crippen LogP contribution in [0.5, 0.6) is 17.2 Å². The first kappa shape index (κ1) is 47.9. The van der Waals surface area contributed by atoms with Crippen LogP contribution in [0.3, 0.4) is 0 Å². The van der Waals surface area contributed by atoms with E-state index in [1.165, 1.54) is 16.7 Å². The van der Waals surface area contributed by atoms with E-state index in [4.69, 9.17) is 35.3 Å². The molecule has 1 aliphatic heterocycles. The quantitative estimate of drug-likeness (QED) is 0.0802. The maximum Gasteiger partial charge on any atom is 0.338 e. The van der Waals surface area contributed by atoms with Gasteiger partial charge in [-0.2, -0.15) is 4.31 Å². The molecular formula is C54H67ClN2O8S. The number of hydrogen-bond acceptors (Lipinski definition) is 9. The zero-order valence-corrected chi connectivity index (χ0v) is 41.4. The van der Waals surface area contributed by atoms with Crippen molar-refractivity contribution in [1.82, 2.24) is 4.31 Å². The van der Waals surface area contributed by atoms with Crippen LogP contribution in [0.25, 0.3) is 0 Å². The van der Waals surface area contributed by atoms with Gasteiger partial charge in [-0.25, -0.2) is 13.2 Å². The Morgan fingerprint density at radius 1 is 0.909 bits per heavy atom. The molecule has 8 rings (SSSR count). The van der Waals surface area contributed by atoms with Crippen LogP contribution in [0, 0.1) is 23.7 Å². The summed E-state index contributed by atoms with van der Waals surface area (Å²) in [7, 11) is 1.31. The lowest BCUT2D eigenvalue weighted by Crippen LogP contribution is -2.50. The van der Waals surface area contributed by atoms with Crippen molar-refractivity contribution < 1.29 is 36.9 Å². The third kappa shape index (κ3) is 10.2. The molecule has 0 amide bonds. The summed E-state index contributed by atoms with van der Waals surface area (Å²) in [6.07, 6.45) is 8.13. The lowest BCUT2D eigenvalue weighted by molar-refractivity contribution is -0.000501. The van der Waals surface area contributed by atoms with Gasteiger partial charge in [0.05, 0.1) is 43.4 Å². The van der Waals surface area contributed by atoms with E-state index in [0.29, 0.717) is 24.0 Å². The number of benzene rings is 4. The van der Waals surface area contributed by atoms with E-state index in [1.54, 1.807) is 18.5 Å². The number of methoxy groups -OCH3 is 3. The van der Waals surface area contributed by atoms with Gasteiger partial charge in [0.1, 0.15) is 22.8 Å². The SMILES string of the molecule is COc1ccc(CN(Cc2ccc(OC)cc2)S(=O)(=O)[C@H](C)[C@@H](C)[C@H]2C=C([C@H](OC)[C@@H]3CC[C@H]3CN3C[C@@]4(CCCc5cc(Cl)ccc54)COc4ccc(C(=O)OC(C)(C)C)cc43)C2)cc1. The standard InChI is InChI=1S/C54H67ClN2O8S/c1-35(36(2)66(59,60)57(30-37-11-18-45(61-6)19-12-37)31-38-13-20-46(62-7)21-14-38)42-26-43(27-42)51(63-8)47-22-15-41(47)32-56-33-54(25-9-10-39-28-44(55)17-23-48(39)54)34-64-50-24-16-40(29-49(50)56)52(58)65-53(3,4)5/h11-14,16-21,23-24,26,28-29,35-36,41-42,47,51H,9-10,15,22,25,27,30-34H2,1-8H3/t35-,36-,41+,42+,47-,51+,54+/m1/s1. The van der Waals surface area contributed by atoms with Crippen LogP contribution in [0.1, 0.15) is 99.3 Å². The van der Waals surface area contributed by atoms with Gasteiger partial charge >= 0.3 is 5.97 Å². The fraction of sp³-hybridized carbons (Fsp3) is 0.500. The van der Waals surface area contributed by atoms with Crippen LogP contribution in [0.2, 0.25) is 5.02 Å². The predicted molar refractivity (Wildman–Crippen MR) is 261 cm³/mol. The molecular weight excluding hydrogens is 872 g/mol. The number of nitrogens with zero attached hydrogens (tertiary/aromatic N) is 2. The van der Waals surface area contributed by atoms with Gasteiger partial charge in [0.25, 0.3) is 0 Å². The number of esters is 1. The Morgan fingerprint density at radius 3 is 2.14 bits per heavy atom. The number of halogens is 1. The van der Waals surface area contributed by atoms with E-state index >= 15 is 0 Å². The van der Waals surface area contributed by atoms with Crippen LogP contribution < -0.4 is 19.1 Å². The average molecular weight is 940 g/mol. The highest BCUT2D eigenvalue weighted by Gasteiger charge is 2.47. The van der Waals surface area contributed by atoms with Crippen LogP contribution in [0.4, 0.5) is 5.69 Å². The summed E-state index contributed by atoms with van der Waals surface area (Å²) in [5.41, 5.74) is 6.15. The Morgan fingerprint density at radius 2 is 1.56 bits per heavy atom. The molecule has 1 spiro atoms. The van der Waals surface area contributed by atoms with Gasteiger partial charge in [-0.3, -0.25) is 0 Å². The number of fused-ring (bicyclic) bond motifs is 3. The van der Waals surface area contributed by atoms with Crippen molar-refractivity contribution in [3.05, 3.63) is 129 Å². The Hall–Kier alpha value is -4.55. The van der Waals surface area contributed by atoms with E-state index < -0.39 is 20.9 Å². The molecule has 0 bridgehead atoms. The van der Waals surface area contributed by atoms with Gasteiger partial charge in [-0.1, -0.05) is 54.9 Å². The maximum atomic E-state index is 14.7. The molecule has 0 unspecified atom stereocenters. The Kier molecular flexibility index (Phi) is 14.2. The van der Waals surface area contributed by atoms with Gasteiger partial charge < -0.3 is 28.6 Å². The van der Waals surface area contributed by atoms with Crippen molar-refractivity contribution in [2.24, 2.45) is 23.7 Å². The molecule has 66 heavy (non-hydrogen) atoms. The van der Waals surface area contributed by atoms with E-state index in [9.17, 15) is 13.2 Å². The van der Waals surface area contributed by atoms with E-state index in [-0.39, 0.29) is 42.4 Å². The highest BCUT2D eigenvalue weighted by Crippen LogP contribution is 2.49. The van der Waals surface area contributed by atoms with Gasteiger partial charge in [-0.15, -0.1) is 0 Å². The molecule has 12 heteroatoms. The minimum atomic E-state index is -3.75. The minimum Gasteiger partial charge on any atom is -0.497 e. The van der Waals surface area contributed by atoms with Gasteiger partial charge in [0, 0.05) is 43.7 Å². The van der Waals surface area contributed by atoms with Crippen molar-refractivity contribution in [3.8, 4) is 17.2 Å². The molecule has 4 aromatic rings. The van der Waals surface area contributed by atoms with Gasteiger partial charge in [0.2, 0.25) is 10.0 Å². The average Bonchev–Trinajstić information content (AvgIpc) is 3.42. The molecule has 354 valence electrons. The van der Waals surface area contributed by atoms with Crippen LogP contribution in [-0.2, 0) is 44.4 Å². The molecule has 7 atom stereocenters. The Bertz CT molecular complexity index is 2450. The summed E-state index contributed by atoms with van der Waals surface area (Å²) in [4.78, 5) is 15.9. The second kappa shape index (κ2) is 19.6. The highest BCUT2D eigenvalue weighted by atomic mass is 35.5. The fourth-order valence-corrected chi connectivity index (χ4v) is 12.8. The number of anilines is 1. The summed E-state index contributed by atoms with van der Waals surface area (Å²) in [5, 5.41) is 0.123. The second-order valence-corrected chi connectivity index (χ2v) is 22.9. The molecule has 3 aliphatic carbocycles. The van der Waals surface area contributed by atoms with Crippen LogP contribution >= 0.6 is 11.6 Å². The van der Waals surface area contributed by atoms with Crippen molar-refractivity contribution in [2.75, 3.05) is 45.9 Å². The van der Waals surface area contributed by atoms with Crippen LogP contribution in [-0.4, -0.2) is 76.7 Å². The van der Waals surface area contributed by atoms with E-state index in [2.05, 4.69) is 30.0 Å². The Labute approximate surface area is 397 Å². The molecule has 10 nitrogen and oxygen atoms in total. The van der Waals surface area contributed by atoms with E-state index in [0.717, 1.165) is 90.7 Å². The molecule has 0 radical (unpaired) electrons. The first-order valence-electron chi connectivity index (χ1n) is 23.5. The predicted octanol–water partition coefficient (Wildman–Crippen LogP) is 10.8. The molecule has 0 saturated heterocycles. The molecule has 1 heterocycles. The highest BCUT2D eigenvalue weighted by molar-refractivity contribution is 7.89. The summed E-state index contributed by atoms with van der Waals surface area (Å²) in [5.74, 6) is 2.46. The third-order valence-corrected chi connectivity index (χ3v) is 17.4. The lowest BCUT2D eigenvalue weighted by atomic mass is 9.64. The first-order valence-corrected chi connectivity index (χ1v) is 25.4. The van der Waals surface area contributed by atoms with E-state index in [1.807, 2.05) is 108 Å². The topological polar surface area (TPSA) is 104 Å². The maximum absolute atomic E-state index is 14.7. The number of hydrogen-bond donors (Lipinski definition) is 0. The number of carbonyl (C=O) groups is 1. The van der Waals surface area contributed by atoms with Crippen molar-refractivity contribution >= 4 is 33.3 Å². The molecule has 4 aliphatic rings. The number of sulfonamides is 1. The summed E-state index contributed by atoms with van der Waals surface area (Å²) in [6, 6.07) is 27.2. The molecule has 0 N–H and O–H groups in total. The first-order chi connectivity index (χ1) is 31.5. The summed E-state index contributed by atoms with van der Waals surface area (Å²) in [6.45, 7) is 12.1. The van der Waals surface area contributed by atoms with Crippen LogP contribution in [0.15, 0.2) is 96.6 Å². The van der Waals surface area contributed by atoms with Gasteiger partial charge in [0.15, 0.2) is 0 Å². The molecule has 1 saturated carbocycles. The zero-order valence-electron chi connectivity index (χ0n) is 39.8. The zero-order chi connectivity index (χ0) is 47.0. The molecule has 0 aromatic heterocycles. The van der Waals surface area contributed by atoms with Gasteiger partial charge in [-0.05, 0) is 172 Å². The number of carbonyl (C=O) groups excluding carboxylic acids is 1. The normalized spacial score (nSPS) is 22.9. The minimum absolute atomic E-state index is 0.0666. The number of allylic oxidation sites excluding steroid dienone is 1. The number of aryl methyl sites for hydroxylation is 1. The van der Waals surface area contributed by atoms with Crippen molar-refractivity contribution in [3.63, 3.8) is 0 Å². The summed E-state index contributed by atoms with van der Waals surface area (Å²) < 4.78 is 60.6. The smallest absolute Gasteiger partial charge is 0.338 e. The largest absolute Gasteiger partial charge is 0.497 e. The number of rotatable bonds is 16. The van der Waals surface area contributed by atoms with Crippen molar-refractivity contribution in [2.45, 2.75) is 109 Å². The summed E-state index contributed by atoms with van der Waals surface area (Å²) >= 11 is 6.53. The fourth-order valence-electron chi connectivity index (χ4n) is 10.7. The third-order valence-electron chi connectivity index (χ3n) is 14.8. The lowest BCUT2D eigenvalue weighted by Gasteiger charge is -2.48. The number of ether oxygens (including phenoxy) is 5. The molecule has 4 aromatic carbocycles. The molecule has 1 fully saturated rings. The Balaban J connectivity index is 1.01.